The number of methoxy groups -OCH3 is 1. The Bertz CT molecular complexity index is 1240. The Labute approximate surface area is 238 Å². The normalized spacial score (nSPS) is 16.1. The van der Waals surface area contributed by atoms with Crippen LogP contribution in [0.3, 0.4) is 0 Å². The van der Waals surface area contributed by atoms with Crippen LogP contribution in [0.5, 0.6) is 5.75 Å². The minimum absolute atomic E-state index is 0.0342. The molecule has 2 aromatic rings. The number of nitrogens with one attached hydrogen (secondary N) is 4. The molecule has 1 fully saturated rings. The number of hydrogen-bond acceptors (Lipinski definition) is 9. The first-order valence-corrected chi connectivity index (χ1v) is 13.6. The summed E-state index contributed by atoms with van der Waals surface area (Å²) >= 11 is 0. The molecule has 3 rings (SSSR count). The summed E-state index contributed by atoms with van der Waals surface area (Å²) in [7, 11) is 1.54. The number of aromatic nitrogens is 1. The molecule has 13 nitrogen and oxygen atoms in total. The number of carbonyl (C=O) groups excluding carboxylic acids is 5. The maximum atomic E-state index is 13.4. The van der Waals surface area contributed by atoms with Gasteiger partial charge in [0, 0.05) is 23.4 Å². The van der Waals surface area contributed by atoms with Gasteiger partial charge in [0.15, 0.2) is 12.6 Å². The van der Waals surface area contributed by atoms with E-state index in [-0.39, 0.29) is 30.5 Å². The molecule has 1 aliphatic rings. The molecule has 1 saturated heterocycles. The SMILES string of the molecule is CCOC(=O)OCOCC(=O)[C@H](C[C@@H]1CCNC1=O)NC(=O)[C@H](CC(C)C)NC(=O)c1cc2c(OC)cccc2[nH]1. The van der Waals surface area contributed by atoms with E-state index in [1.54, 1.807) is 25.1 Å². The second kappa shape index (κ2) is 15.0. The van der Waals surface area contributed by atoms with E-state index in [0.717, 1.165) is 5.39 Å². The number of hydrogen-bond donors (Lipinski definition) is 4. The summed E-state index contributed by atoms with van der Waals surface area (Å²) in [5.41, 5.74) is 0.947. The highest BCUT2D eigenvalue weighted by Crippen LogP contribution is 2.26. The van der Waals surface area contributed by atoms with Gasteiger partial charge in [-0.2, -0.15) is 0 Å². The summed E-state index contributed by atoms with van der Waals surface area (Å²) in [6.45, 7) is 5.03. The fraction of sp³-hybridized carbons (Fsp3) is 0.536. The van der Waals surface area contributed by atoms with Gasteiger partial charge in [-0.05, 0) is 50.3 Å². The molecular weight excluding hydrogens is 536 g/mol. The van der Waals surface area contributed by atoms with Crippen LogP contribution < -0.4 is 20.7 Å². The van der Waals surface area contributed by atoms with Crippen molar-refractivity contribution >= 4 is 40.6 Å². The Kier molecular flexibility index (Phi) is 11.5. The molecule has 0 spiro atoms. The standard InChI is InChI=1S/C28H38N4O9/c1-5-40-28(37)41-15-39-14-23(33)20(12-17-9-10-29-25(17)34)31-26(35)21(11-16(2)3)32-27(36)22-13-18-19(30-22)7-6-8-24(18)38-4/h6-8,13,16-17,20-21,30H,5,9-12,14-15H2,1-4H3,(H,29,34)(H,31,35)(H,32,36)/t17-,20-,21-/m0/s1. The average molecular weight is 575 g/mol. The lowest BCUT2D eigenvalue weighted by Gasteiger charge is -2.25. The van der Waals surface area contributed by atoms with Crippen molar-refractivity contribution in [2.45, 2.75) is 52.1 Å². The highest BCUT2D eigenvalue weighted by molar-refractivity contribution is 6.02. The summed E-state index contributed by atoms with van der Waals surface area (Å²) in [6, 6.07) is 5.00. The molecular formula is C28H38N4O9. The van der Waals surface area contributed by atoms with Crippen LogP contribution in [0.15, 0.2) is 24.3 Å². The van der Waals surface area contributed by atoms with Crippen LogP contribution >= 0.6 is 0 Å². The Morgan fingerprint density at radius 1 is 1.10 bits per heavy atom. The highest BCUT2D eigenvalue weighted by Gasteiger charge is 2.33. The summed E-state index contributed by atoms with van der Waals surface area (Å²) in [5.74, 6) is -1.62. The first-order chi connectivity index (χ1) is 19.6. The van der Waals surface area contributed by atoms with E-state index in [9.17, 15) is 24.0 Å². The maximum Gasteiger partial charge on any atom is 0.510 e. The third kappa shape index (κ3) is 8.93. The van der Waals surface area contributed by atoms with Crippen molar-refractivity contribution in [1.29, 1.82) is 0 Å². The molecule has 1 aliphatic heterocycles. The number of H-pyrrole nitrogens is 1. The fourth-order valence-electron chi connectivity index (χ4n) is 4.56. The largest absolute Gasteiger partial charge is 0.510 e. The van der Waals surface area contributed by atoms with Gasteiger partial charge in [0.1, 0.15) is 24.1 Å². The molecule has 224 valence electrons. The van der Waals surface area contributed by atoms with E-state index in [0.29, 0.717) is 30.7 Å². The smallest absolute Gasteiger partial charge is 0.496 e. The maximum absolute atomic E-state index is 13.4. The Hall–Kier alpha value is -4.13. The van der Waals surface area contributed by atoms with Crippen molar-refractivity contribution in [2.75, 3.05) is 33.7 Å². The van der Waals surface area contributed by atoms with Crippen LogP contribution in [-0.4, -0.2) is 80.4 Å². The zero-order valence-corrected chi connectivity index (χ0v) is 23.7. The Morgan fingerprint density at radius 2 is 1.88 bits per heavy atom. The topological polar surface area (TPSA) is 174 Å². The number of amides is 3. The predicted octanol–water partition coefficient (Wildman–Crippen LogP) is 2.05. The van der Waals surface area contributed by atoms with Gasteiger partial charge in [-0.15, -0.1) is 0 Å². The molecule has 0 aliphatic carbocycles. The van der Waals surface area contributed by atoms with Gasteiger partial charge in [0.2, 0.25) is 11.8 Å². The first-order valence-electron chi connectivity index (χ1n) is 13.6. The number of ketones is 1. The van der Waals surface area contributed by atoms with E-state index in [4.69, 9.17) is 14.2 Å². The van der Waals surface area contributed by atoms with Crippen LogP contribution in [0.4, 0.5) is 4.79 Å². The fourth-order valence-corrected chi connectivity index (χ4v) is 4.56. The molecule has 0 saturated carbocycles. The number of carbonyl (C=O) groups is 5. The van der Waals surface area contributed by atoms with Gasteiger partial charge in [-0.3, -0.25) is 19.2 Å². The first kappa shape index (κ1) is 31.4. The Balaban J connectivity index is 1.71. The molecule has 1 aromatic carbocycles. The zero-order chi connectivity index (χ0) is 29.9. The minimum atomic E-state index is -1.07. The number of fused-ring (bicyclic) bond motifs is 1. The number of benzene rings is 1. The number of Topliss-reactive ketones (excluding diaryl/α,β-unsaturated/α-hetero) is 1. The van der Waals surface area contributed by atoms with Gasteiger partial charge >= 0.3 is 6.16 Å². The van der Waals surface area contributed by atoms with E-state index in [1.165, 1.54) is 7.11 Å². The molecule has 41 heavy (non-hydrogen) atoms. The summed E-state index contributed by atoms with van der Waals surface area (Å²) in [5, 5.41) is 8.93. The van der Waals surface area contributed by atoms with Crippen molar-refractivity contribution in [3.05, 3.63) is 30.0 Å². The van der Waals surface area contributed by atoms with Crippen molar-refractivity contribution in [1.82, 2.24) is 20.9 Å². The van der Waals surface area contributed by atoms with Crippen LogP contribution in [0.2, 0.25) is 0 Å². The predicted molar refractivity (Wildman–Crippen MR) is 147 cm³/mol. The lowest BCUT2D eigenvalue weighted by Crippen LogP contribution is -2.53. The third-order valence-corrected chi connectivity index (χ3v) is 6.57. The monoisotopic (exact) mass is 574 g/mol. The van der Waals surface area contributed by atoms with Gasteiger partial charge < -0.3 is 39.9 Å². The summed E-state index contributed by atoms with van der Waals surface area (Å²) in [4.78, 5) is 66.2. The van der Waals surface area contributed by atoms with Crippen molar-refractivity contribution in [3.63, 3.8) is 0 Å². The van der Waals surface area contributed by atoms with E-state index < -0.39 is 55.2 Å². The number of aromatic amines is 1. The van der Waals surface area contributed by atoms with Crippen LogP contribution in [0.1, 0.15) is 50.5 Å². The van der Waals surface area contributed by atoms with Gasteiger partial charge in [-0.25, -0.2) is 4.79 Å². The molecule has 0 radical (unpaired) electrons. The summed E-state index contributed by atoms with van der Waals surface area (Å²) < 4.78 is 19.8. The Morgan fingerprint density at radius 3 is 2.54 bits per heavy atom. The van der Waals surface area contributed by atoms with Crippen LogP contribution in [-0.2, 0) is 28.6 Å². The minimum Gasteiger partial charge on any atom is -0.496 e. The van der Waals surface area contributed by atoms with Gasteiger partial charge in [0.05, 0.1) is 19.8 Å². The van der Waals surface area contributed by atoms with Crippen LogP contribution in [0.25, 0.3) is 10.9 Å². The molecule has 1 aromatic heterocycles. The van der Waals surface area contributed by atoms with Gasteiger partial charge in [0.25, 0.3) is 5.91 Å². The highest BCUT2D eigenvalue weighted by atomic mass is 16.8. The molecule has 3 atom stereocenters. The van der Waals surface area contributed by atoms with Crippen molar-refractivity contribution < 1.29 is 42.9 Å². The lowest BCUT2D eigenvalue weighted by atomic mass is 9.95. The second-order valence-corrected chi connectivity index (χ2v) is 10.1. The second-order valence-electron chi connectivity index (χ2n) is 10.1. The average Bonchev–Trinajstić information content (AvgIpc) is 3.56. The molecule has 13 heteroatoms. The van der Waals surface area contributed by atoms with E-state index in [2.05, 4.69) is 25.7 Å². The van der Waals surface area contributed by atoms with Crippen molar-refractivity contribution in [2.24, 2.45) is 11.8 Å². The molecule has 2 heterocycles. The molecule has 3 amide bonds. The third-order valence-electron chi connectivity index (χ3n) is 6.57. The quantitative estimate of drug-likeness (QED) is 0.141. The van der Waals surface area contributed by atoms with Gasteiger partial charge in [-0.1, -0.05) is 19.9 Å². The molecule has 0 bridgehead atoms. The lowest BCUT2D eigenvalue weighted by molar-refractivity contribution is -0.135. The van der Waals surface area contributed by atoms with Crippen molar-refractivity contribution in [3.8, 4) is 5.75 Å². The van der Waals surface area contributed by atoms with Crippen LogP contribution in [0, 0.1) is 11.8 Å². The van der Waals surface area contributed by atoms with E-state index in [1.807, 2.05) is 19.9 Å². The van der Waals surface area contributed by atoms with E-state index >= 15 is 0 Å². The zero-order valence-electron chi connectivity index (χ0n) is 23.7. The summed E-state index contributed by atoms with van der Waals surface area (Å²) in [6.07, 6.45) is -0.0621. The molecule has 0 unspecified atom stereocenters. The number of rotatable bonds is 15. The number of ether oxygens (including phenoxy) is 4. The molecule has 4 N–H and O–H groups in total.